The summed E-state index contributed by atoms with van der Waals surface area (Å²) < 4.78 is 0. The molecule has 25 heavy (non-hydrogen) atoms. The van der Waals surface area contributed by atoms with E-state index < -0.39 is 0 Å². The molecule has 0 heterocycles. The van der Waals surface area contributed by atoms with Gasteiger partial charge in [-0.1, -0.05) is 48.0 Å². The number of hydrogen-bond donors (Lipinski definition) is 2. The fourth-order valence-corrected chi connectivity index (χ4v) is 2.33. The van der Waals surface area contributed by atoms with Gasteiger partial charge in [0.2, 0.25) is 11.8 Å². The van der Waals surface area contributed by atoms with Crippen LogP contribution < -0.4 is 10.7 Å². The number of hydrogen-bond acceptors (Lipinski definition) is 3. The van der Waals surface area contributed by atoms with E-state index in [0.29, 0.717) is 6.42 Å². The molecule has 2 aromatic rings. The number of carbonyl (C=O) groups is 2. The molecular weight excluding hydrogens is 314 g/mol. The molecule has 0 radical (unpaired) electrons. The van der Waals surface area contributed by atoms with Gasteiger partial charge in [-0.05, 0) is 31.0 Å². The Labute approximate surface area is 148 Å². The number of amides is 2. The molecule has 130 valence electrons. The highest BCUT2D eigenvalue weighted by molar-refractivity contribution is 5.93. The molecule has 0 atom stereocenters. The first-order valence-corrected chi connectivity index (χ1v) is 8.26. The highest BCUT2D eigenvalue weighted by Gasteiger charge is 2.08. The Bertz CT molecular complexity index is 755. The summed E-state index contributed by atoms with van der Waals surface area (Å²) in [5.41, 5.74) is 6.48. The molecule has 2 aromatic carbocycles. The fourth-order valence-electron chi connectivity index (χ4n) is 2.33. The first kappa shape index (κ1) is 18.4. The van der Waals surface area contributed by atoms with Crippen LogP contribution in [-0.4, -0.2) is 18.0 Å². The van der Waals surface area contributed by atoms with E-state index in [9.17, 15) is 9.59 Å². The van der Waals surface area contributed by atoms with Gasteiger partial charge >= 0.3 is 0 Å². The number of benzene rings is 2. The Kier molecular flexibility index (Phi) is 6.89. The van der Waals surface area contributed by atoms with Crippen molar-refractivity contribution in [3.8, 4) is 0 Å². The van der Waals surface area contributed by atoms with Crippen molar-refractivity contribution < 1.29 is 9.59 Å². The van der Waals surface area contributed by atoms with Gasteiger partial charge in [0.25, 0.3) is 0 Å². The lowest BCUT2D eigenvalue weighted by Gasteiger charge is -2.08. The van der Waals surface area contributed by atoms with E-state index in [1.54, 1.807) is 6.21 Å². The Hall–Kier alpha value is -2.95. The van der Waals surface area contributed by atoms with Crippen LogP contribution in [0.4, 0.5) is 5.69 Å². The first-order valence-electron chi connectivity index (χ1n) is 8.26. The van der Waals surface area contributed by atoms with Crippen molar-refractivity contribution in [3.63, 3.8) is 0 Å². The summed E-state index contributed by atoms with van der Waals surface area (Å²) in [5, 5.41) is 6.72. The second kappa shape index (κ2) is 9.37. The van der Waals surface area contributed by atoms with Crippen LogP contribution in [0.3, 0.4) is 0 Å². The molecule has 0 saturated heterocycles. The van der Waals surface area contributed by atoms with Gasteiger partial charge in [-0.15, -0.1) is 0 Å². The molecule has 0 bridgehead atoms. The number of nitrogens with one attached hydrogen (secondary N) is 2. The van der Waals surface area contributed by atoms with E-state index in [0.717, 1.165) is 22.4 Å². The topological polar surface area (TPSA) is 70.6 Å². The maximum absolute atomic E-state index is 11.9. The molecule has 0 aliphatic rings. The van der Waals surface area contributed by atoms with Gasteiger partial charge < -0.3 is 5.32 Å². The third-order valence-electron chi connectivity index (χ3n) is 3.69. The van der Waals surface area contributed by atoms with Gasteiger partial charge in [0.15, 0.2) is 0 Å². The van der Waals surface area contributed by atoms with Crippen LogP contribution in [0.5, 0.6) is 0 Å². The summed E-state index contributed by atoms with van der Waals surface area (Å²) in [6.07, 6.45) is 2.50. The largest absolute Gasteiger partial charge is 0.326 e. The number of carbonyl (C=O) groups excluding carboxylic acids is 2. The number of hydrazone groups is 1. The van der Waals surface area contributed by atoms with Crippen molar-refractivity contribution in [1.82, 2.24) is 5.43 Å². The molecule has 2 amide bonds. The van der Waals surface area contributed by atoms with E-state index in [1.807, 2.05) is 62.4 Å². The average Bonchev–Trinajstić information content (AvgIpc) is 2.60. The van der Waals surface area contributed by atoms with Crippen LogP contribution in [-0.2, 0) is 16.0 Å². The Balaban J connectivity index is 1.69. The van der Waals surface area contributed by atoms with Crippen molar-refractivity contribution in [2.24, 2.45) is 5.10 Å². The van der Waals surface area contributed by atoms with Crippen molar-refractivity contribution in [3.05, 3.63) is 65.2 Å². The number of nitrogens with zero attached hydrogens (tertiary/aromatic N) is 1. The normalized spacial score (nSPS) is 10.6. The molecule has 2 N–H and O–H groups in total. The molecule has 5 nitrogen and oxygen atoms in total. The molecular formula is C20H23N3O2. The lowest BCUT2D eigenvalue weighted by Crippen LogP contribution is -2.21. The zero-order valence-electron chi connectivity index (χ0n) is 14.6. The van der Waals surface area contributed by atoms with Gasteiger partial charge in [-0.25, -0.2) is 5.43 Å². The molecule has 2 rings (SSSR count). The second-order valence-corrected chi connectivity index (χ2v) is 5.90. The molecule has 0 aliphatic carbocycles. The molecule has 0 saturated carbocycles. The maximum atomic E-state index is 11.9. The first-order chi connectivity index (χ1) is 12.0. The summed E-state index contributed by atoms with van der Waals surface area (Å²) in [6, 6.07) is 15.7. The van der Waals surface area contributed by atoms with Crippen molar-refractivity contribution in [1.29, 1.82) is 0 Å². The molecule has 0 unspecified atom stereocenters. The third-order valence-corrected chi connectivity index (χ3v) is 3.69. The van der Waals surface area contributed by atoms with Gasteiger partial charge in [0, 0.05) is 31.2 Å². The van der Waals surface area contributed by atoms with Crippen molar-refractivity contribution >= 4 is 23.7 Å². The van der Waals surface area contributed by atoms with Crippen molar-refractivity contribution in [2.45, 2.75) is 33.1 Å². The predicted molar refractivity (Wildman–Crippen MR) is 101 cm³/mol. The van der Waals surface area contributed by atoms with E-state index in [2.05, 4.69) is 15.8 Å². The molecule has 5 heteroatoms. The summed E-state index contributed by atoms with van der Waals surface area (Å²) in [4.78, 5) is 23.7. The minimum absolute atomic E-state index is 0.0966. The van der Waals surface area contributed by atoms with Crippen LogP contribution in [0.1, 0.15) is 29.5 Å². The lowest BCUT2D eigenvalue weighted by molar-refractivity contribution is -0.124. The van der Waals surface area contributed by atoms with Crippen LogP contribution in [0.25, 0.3) is 0 Å². The van der Waals surface area contributed by atoms with Crippen LogP contribution in [0, 0.1) is 13.8 Å². The Morgan fingerprint density at radius 2 is 1.72 bits per heavy atom. The Morgan fingerprint density at radius 3 is 2.44 bits per heavy atom. The van der Waals surface area contributed by atoms with Crippen molar-refractivity contribution in [2.75, 3.05) is 5.32 Å². The van der Waals surface area contributed by atoms with Gasteiger partial charge in [-0.3, -0.25) is 9.59 Å². The number of aryl methyl sites for hydroxylation is 2. The summed E-state index contributed by atoms with van der Waals surface area (Å²) >= 11 is 0. The predicted octanol–water partition coefficient (Wildman–Crippen LogP) is 3.37. The van der Waals surface area contributed by atoms with E-state index >= 15 is 0 Å². The zero-order chi connectivity index (χ0) is 18.1. The van der Waals surface area contributed by atoms with Gasteiger partial charge in [0.05, 0.1) is 0 Å². The number of anilines is 1. The molecule has 0 fully saturated rings. The minimum atomic E-state index is -0.278. The summed E-state index contributed by atoms with van der Waals surface area (Å²) in [7, 11) is 0. The fraction of sp³-hybridized carbons (Fsp3) is 0.250. The van der Waals surface area contributed by atoms with Gasteiger partial charge in [0.1, 0.15) is 0 Å². The molecule has 0 aromatic heterocycles. The number of rotatable bonds is 7. The average molecular weight is 337 g/mol. The van der Waals surface area contributed by atoms with E-state index in [4.69, 9.17) is 0 Å². The van der Waals surface area contributed by atoms with Crippen LogP contribution in [0.2, 0.25) is 0 Å². The van der Waals surface area contributed by atoms with Crippen LogP contribution in [0.15, 0.2) is 53.6 Å². The maximum Gasteiger partial charge on any atom is 0.240 e. The van der Waals surface area contributed by atoms with E-state index in [1.165, 1.54) is 0 Å². The summed E-state index contributed by atoms with van der Waals surface area (Å²) in [5.74, 6) is -0.463. The summed E-state index contributed by atoms with van der Waals surface area (Å²) in [6.45, 7) is 3.94. The third kappa shape index (κ3) is 6.59. The molecule has 0 aliphatic heterocycles. The minimum Gasteiger partial charge on any atom is -0.326 e. The Morgan fingerprint density at radius 1 is 1.00 bits per heavy atom. The SMILES string of the molecule is Cc1ccc(NC(=O)CCC(=O)N/N=C/Cc2ccccc2)c(C)c1. The highest BCUT2D eigenvalue weighted by atomic mass is 16.2. The zero-order valence-corrected chi connectivity index (χ0v) is 14.6. The quantitative estimate of drug-likeness (QED) is 0.601. The smallest absolute Gasteiger partial charge is 0.240 e. The lowest BCUT2D eigenvalue weighted by atomic mass is 10.1. The van der Waals surface area contributed by atoms with Crippen LogP contribution >= 0.6 is 0 Å². The highest BCUT2D eigenvalue weighted by Crippen LogP contribution is 2.16. The standard InChI is InChI=1S/C20H23N3O2/c1-15-8-9-18(16(2)14-15)22-19(24)10-11-20(25)23-21-13-12-17-6-4-3-5-7-17/h3-9,13-14H,10-12H2,1-2H3,(H,22,24)(H,23,25)/b21-13+. The monoisotopic (exact) mass is 337 g/mol. The second-order valence-electron chi connectivity index (χ2n) is 5.90. The van der Waals surface area contributed by atoms with Gasteiger partial charge in [-0.2, -0.15) is 5.10 Å². The van der Waals surface area contributed by atoms with E-state index in [-0.39, 0.29) is 24.7 Å². The molecule has 0 spiro atoms.